The zero-order chi connectivity index (χ0) is 10.3. The highest BCUT2D eigenvalue weighted by Crippen LogP contribution is 2.38. The highest BCUT2D eigenvalue weighted by atomic mass is 15.2. The van der Waals surface area contributed by atoms with Crippen LogP contribution in [0.2, 0.25) is 0 Å². The molecule has 0 aromatic heterocycles. The van der Waals surface area contributed by atoms with Gasteiger partial charge in [0.05, 0.1) is 0 Å². The van der Waals surface area contributed by atoms with E-state index in [0.717, 1.165) is 12.1 Å². The molecule has 2 atom stereocenters. The Morgan fingerprint density at radius 3 is 2.71 bits per heavy atom. The Kier molecular flexibility index (Phi) is 2.46. The van der Waals surface area contributed by atoms with Gasteiger partial charge in [-0.2, -0.15) is 0 Å². The van der Waals surface area contributed by atoms with Crippen LogP contribution in [0.25, 0.3) is 0 Å². The van der Waals surface area contributed by atoms with E-state index in [4.69, 9.17) is 0 Å². The van der Waals surface area contributed by atoms with E-state index in [-0.39, 0.29) is 0 Å². The lowest BCUT2D eigenvalue weighted by atomic mass is 9.87. The summed E-state index contributed by atoms with van der Waals surface area (Å²) in [5, 5.41) is 0. The summed E-state index contributed by atoms with van der Waals surface area (Å²) in [6, 6.07) is 1.68. The summed E-state index contributed by atoms with van der Waals surface area (Å²) in [5.41, 5.74) is 1.93. The lowest BCUT2D eigenvalue weighted by Gasteiger charge is -2.29. The molecule has 14 heavy (non-hydrogen) atoms. The molecule has 0 saturated carbocycles. The maximum atomic E-state index is 4.13. The van der Waals surface area contributed by atoms with Gasteiger partial charge in [-0.3, -0.25) is 4.90 Å². The second-order valence-electron chi connectivity index (χ2n) is 6.28. The molecule has 0 bridgehead atoms. The predicted molar refractivity (Wildman–Crippen MR) is 61.3 cm³/mol. The van der Waals surface area contributed by atoms with Crippen LogP contribution in [0.15, 0.2) is 12.2 Å². The molecule has 0 aromatic carbocycles. The molecule has 2 aliphatic heterocycles. The molecule has 0 amide bonds. The first-order valence-electron chi connectivity index (χ1n) is 5.88. The van der Waals surface area contributed by atoms with Gasteiger partial charge in [-0.25, -0.2) is 0 Å². The first kappa shape index (κ1) is 10.2. The molecule has 80 valence electrons. The van der Waals surface area contributed by atoms with E-state index in [1.54, 1.807) is 0 Å². The van der Waals surface area contributed by atoms with Crippen LogP contribution in [-0.2, 0) is 0 Å². The monoisotopic (exact) mass is 193 g/mol. The normalized spacial score (nSPS) is 33.8. The Balaban J connectivity index is 1.99. The highest BCUT2D eigenvalue weighted by Gasteiger charge is 2.39. The molecule has 2 rings (SSSR count). The van der Waals surface area contributed by atoms with Crippen LogP contribution in [-0.4, -0.2) is 23.5 Å². The summed E-state index contributed by atoms with van der Waals surface area (Å²) >= 11 is 0. The minimum atomic E-state index is 0.476. The van der Waals surface area contributed by atoms with Crippen LogP contribution < -0.4 is 0 Å². The largest absolute Gasteiger partial charge is 0.293 e. The van der Waals surface area contributed by atoms with E-state index in [9.17, 15) is 0 Å². The molecule has 0 N–H and O–H groups in total. The van der Waals surface area contributed by atoms with Crippen molar-refractivity contribution in [3.05, 3.63) is 12.2 Å². The summed E-state index contributed by atoms with van der Waals surface area (Å²) in [6.45, 7) is 12.4. The van der Waals surface area contributed by atoms with Crippen molar-refractivity contribution in [2.75, 3.05) is 6.54 Å². The third-order valence-corrected chi connectivity index (χ3v) is 3.55. The Hall–Kier alpha value is -0.300. The molecule has 2 saturated heterocycles. The highest BCUT2D eigenvalue weighted by molar-refractivity contribution is 5.12. The summed E-state index contributed by atoms with van der Waals surface area (Å²) in [5.74, 6) is 0. The Labute approximate surface area is 88.2 Å². The van der Waals surface area contributed by atoms with Crippen molar-refractivity contribution in [2.45, 2.75) is 58.5 Å². The number of hydrogen-bond donors (Lipinski definition) is 0. The van der Waals surface area contributed by atoms with Gasteiger partial charge in [-0.15, -0.1) is 0 Å². The second kappa shape index (κ2) is 3.37. The van der Waals surface area contributed by atoms with Gasteiger partial charge in [-0.05, 0) is 31.1 Å². The van der Waals surface area contributed by atoms with E-state index in [1.165, 1.54) is 37.8 Å². The van der Waals surface area contributed by atoms with E-state index in [0.29, 0.717) is 5.41 Å². The first-order valence-corrected chi connectivity index (χ1v) is 5.88. The number of fused-ring (bicyclic) bond motifs is 1. The fourth-order valence-electron chi connectivity index (χ4n) is 3.07. The topological polar surface area (TPSA) is 3.24 Å². The Bertz CT molecular complexity index is 236. The fourth-order valence-corrected chi connectivity index (χ4v) is 3.07. The van der Waals surface area contributed by atoms with E-state index in [1.807, 2.05) is 0 Å². The van der Waals surface area contributed by atoms with Crippen molar-refractivity contribution < 1.29 is 0 Å². The molecule has 2 unspecified atom stereocenters. The molecule has 0 aliphatic carbocycles. The van der Waals surface area contributed by atoms with Gasteiger partial charge in [0.2, 0.25) is 0 Å². The molecule has 0 aromatic rings. The second-order valence-corrected chi connectivity index (χ2v) is 6.28. The average molecular weight is 193 g/mol. The predicted octanol–water partition coefficient (Wildman–Crippen LogP) is 3.22. The van der Waals surface area contributed by atoms with Crippen LogP contribution in [0.4, 0.5) is 0 Å². The van der Waals surface area contributed by atoms with Crippen LogP contribution in [0, 0.1) is 5.41 Å². The maximum Gasteiger partial charge on any atom is 0.0196 e. The molecule has 0 spiro atoms. The third-order valence-electron chi connectivity index (χ3n) is 3.55. The molecular weight excluding hydrogens is 170 g/mol. The van der Waals surface area contributed by atoms with Crippen LogP contribution in [0.1, 0.15) is 46.5 Å². The lowest BCUT2D eigenvalue weighted by molar-refractivity contribution is 0.189. The van der Waals surface area contributed by atoms with E-state index >= 15 is 0 Å². The molecule has 2 fully saturated rings. The van der Waals surface area contributed by atoms with Crippen molar-refractivity contribution in [1.29, 1.82) is 0 Å². The van der Waals surface area contributed by atoms with Crippen molar-refractivity contribution >= 4 is 0 Å². The minimum absolute atomic E-state index is 0.476. The minimum Gasteiger partial charge on any atom is -0.293 e. The van der Waals surface area contributed by atoms with Gasteiger partial charge in [0.25, 0.3) is 0 Å². The van der Waals surface area contributed by atoms with Gasteiger partial charge in [-0.1, -0.05) is 32.9 Å². The Morgan fingerprint density at radius 2 is 2.07 bits per heavy atom. The van der Waals surface area contributed by atoms with Crippen molar-refractivity contribution in [3.8, 4) is 0 Å². The number of nitrogens with zero attached hydrogens (tertiary/aromatic N) is 1. The van der Waals surface area contributed by atoms with Crippen LogP contribution in [0.5, 0.6) is 0 Å². The molecule has 2 heterocycles. The quantitative estimate of drug-likeness (QED) is 0.578. The lowest BCUT2D eigenvalue weighted by Crippen LogP contribution is -2.34. The van der Waals surface area contributed by atoms with E-state index in [2.05, 4.69) is 32.3 Å². The molecular formula is C13H23N. The van der Waals surface area contributed by atoms with Gasteiger partial charge in [0.15, 0.2) is 0 Å². The molecule has 2 aliphatic rings. The van der Waals surface area contributed by atoms with Crippen LogP contribution in [0.3, 0.4) is 0 Å². The standard InChI is InChI=1S/C13H23N/c1-10-7-11-5-6-12(14(11)9-10)8-13(2,3)4/h11-12H,1,5-9H2,2-4H3. The molecule has 1 nitrogen and oxygen atoms in total. The van der Waals surface area contributed by atoms with Gasteiger partial charge in [0, 0.05) is 18.6 Å². The van der Waals surface area contributed by atoms with Crippen molar-refractivity contribution in [1.82, 2.24) is 4.90 Å². The number of hydrogen-bond acceptors (Lipinski definition) is 1. The van der Waals surface area contributed by atoms with Crippen LogP contribution >= 0.6 is 0 Å². The van der Waals surface area contributed by atoms with Gasteiger partial charge in [0.1, 0.15) is 0 Å². The fraction of sp³-hybridized carbons (Fsp3) is 0.846. The summed E-state index contributed by atoms with van der Waals surface area (Å²) in [6.07, 6.45) is 5.42. The zero-order valence-electron chi connectivity index (χ0n) is 9.84. The van der Waals surface area contributed by atoms with Gasteiger partial charge >= 0.3 is 0 Å². The summed E-state index contributed by atoms with van der Waals surface area (Å²) in [4.78, 5) is 2.70. The van der Waals surface area contributed by atoms with Gasteiger partial charge < -0.3 is 0 Å². The smallest absolute Gasteiger partial charge is 0.0196 e. The summed E-state index contributed by atoms with van der Waals surface area (Å²) in [7, 11) is 0. The Morgan fingerprint density at radius 1 is 1.36 bits per heavy atom. The zero-order valence-corrected chi connectivity index (χ0v) is 9.84. The average Bonchev–Trinajstić information content (AvgIpc) is 2.49. The van der Waals surface area contributed by atoms with Crippen molar-refractivity contribution in [2.24, 2.45) is 5.41 Å². The SMILES string of the molecule is C=C1CC2CCC(CC(C)(C)C)N2C1. The maximum absolute atomic E-state index is 4.13. The van der Waals surface area contributed by atoms with E-state index < -0.39 is 0 Å². The number of rotatable bonds is 1. The third kappa shape index (κ3) is 2.03. The molecule has 0 radical (unpaired) electrons. The molecule has 1 heteroatoms. The van der Waals surface area contributed by atoms with Crippen molar-refractivity contribution in [3.63, 3.8) is 0 Å². The summed E-state index contributed by atoms with van der Waals surface area (Å²) < 4.78 is 0. The first-order chi connectivity index (χ1) is 6.46.